The van der Waals surface area contributed by atoms with E-state index in [0.717, 1.165) is 6.42 Å². The fourth-order valence-electron chi connectivity index (χ4n) is 4.71. The molecule has 1 aromatic carbocycles. The van der Waals surface area contributed by atoms with Crippen molar-refractivity contribution in [1.29, 1.82) is 0 Å². The van der Waals surface area contributed by atoms with Gasteiger partial charge in [-0.1, -0.05) is 30.4 Å². The molecular weight excluding hydrogens is 278 g/mol. The van der Waals surface area contributed by atoms with Crippen molar-refractivity contribution < 1.29 is 14.4 Å². The van der Waals surface area contributed by atoms with Crippen LogP contribution in [-0.4, -0.2) is 17.6 Å². The minimum atomic E-state index is -0.483. The normalized spacial score (nSPS) is 41.5. The number of rotatable bonds is 1. The number of carbonyl (C=O) groups excluding carboxylic acids is 3. The topological polar surface area (TPSA) is 54.5 Å². The van der Waals surface area contributed by atoms with Gasteiger partial charge < -0.3 is 0 Å². The first-order valence-corrected chi connectivity index (χ1v) is 7.83. The molecule has 4 nitrogen and oxygen atoms in total. The number of carbonyl (C=O) groups is 3. The van der Waals surface area contributed by atoms with Gasteiger partial charge in [0.2, 0.25) is 11.8 Å². The molecule has 1 aliphatic heterocycles. The third kappa shape index (κ3) is 1.35. The third-order valence-corrected chi connectivity index (χ3v) is 5.78. The highest BCUT2D eigenvalue weighted by atomic mass is 16.2. The molecule has 2 amide bonds. The Kier molecular flexibility index (Phi) is 2.21. The summed E-state index contributed by atoms with van der Waals surface area (Å²) >= 11 is 0. The number of para-hydroxylation sites is 1. The molecule has 0 unspecified atom stereocenters. The summed E-state index contributed by atoms with van der Waals surface area (Å²) in [6, 6.07) is 9.05. The second-order valence-corrected chi connectivity index (χ2v) is 6.80. The molecule has 1 heterocycles. The first kappa shape index (κ1) is 12.3. The first-order chi connectivity index (χ1) is 10.7. The van der Waals surface area contributed by atoms with Crippen LogP contribution >= 0.6 is 0 Å². The van der Waals surface area contributed by atoms with Gasteiger partial charge in [-0.05, 0) is 30.4 Å². The summed E-state index contributed by atoms with van der Waals surface area (Å²) in [5, 5.41) is 0. The van der Waals surface area contributed by atoms with Gasteiger partial charge in [-0.3, -0.25) is 19.3 Å². The van der Waals surface area contributed by atoms with Gasteiger partial charge in [-0.2, -0.15) is 0 Å². The maximum Gasteiger partial charge on any atom is 0.238 e. The van der Waals surface area contributed by atoms with E-state index in [4.69, 9.17) is 0 Å². The Bertz CT molecular complexity index is 738. The van der Waals surface area contributed by atoms with E-state index in [9.17, 15) is 14.4 Å². The van der Waals surface area contributed by atoms with Crippen LogP contribution in [0.3, 0.4) is 0 Å². The van der Waals surface area contributed by atoms with Crippen molar-refractivity contribution in [2.24, 2.45) is 35.5 Å². The maximum atomic E-state index is 12.9. The molecule has 6 atom stereocenters. The van der Waals surface area contributed by atoms with E-state index in [2.05, 4.69) is 0 Å². The summed E-state index contributed by atoms with van der Waals surface area (Å²) in [4.78, 5) is 39.7. The Labute approximate surface area is 127 Å². The molecule has 6 rings (SSSR count). The SMILES string of the molecule is O=C1[C@H]2C=C[C@@H]([C@@H]3C[C@H]13)[C@H]1C(=O)N(c3ccccc3)C(=O)[C@@H]12. The molecule has 2 saturated carbocycles. The quantitative estimate of drug-likeness (QED) is 0.586. The lowest BCUT2D eigenvalue weighted by Gasteiger charge is -2.28. The smallest absolute Gasteiger partial charge is 0.238 e. The second-order valence-electron chi connectivity index (χ2n) is 6.80. The van der Waals surface area contributed by atoms with Crippen molar-refractivity contribution in [1.82, 2.24) is 0 Å². The molecule has 4 heteroatoms. The van der Waals surface area contributed by atoms with Gasteiger partial charge in [-0.15, -0.1) is 0 Å². The molecule has 110 valence electrons. The number of imide groups is 1. The molecule has 0 spiro atoms. The zero-order valence-electron chi connectivity index (χ0n) is 11.9. The molecule has 2 bridgehead atoms. The van der Waals surface area contributed by atoms with Gasteiger partial charge >= 0.3 is 0 Å². The van der Waals surface area contributed by atoms with E-state index in [0.29, 0.717) is 5.69 Å². The summed E-state index contributed by atoms with van der Waals surface area (Å²) in [5.74, 6) is -0.958. The summed E-state index contributed by atoms with van der Waals surface area (Å²) in [6.07, 6.45) is 4.81. The van der Waals surface area contributed by atoms with Gasteiger partial charge in [0.05, 0.1) is 17.5 Å². The number of nitrogens with zero attached hydrogens (tertiary/aromatic N) is 1. The Morgan fingerprint density at radius 2 is 1.64 bits per heavy atom. The zero-order chi connectivity index (χ0) is 15.0. The molecule has 3 fully saturated rings. The van der Waals surface area contributed by atoms with E-state index in [1.165, 1.54) is 4.90 Å². The van der Waals surface area contributed by atoms with Crippen LogP contribution < -0.4 is 4.90 Å². The van der Waals surface area contributed by atoms with E-state index in [-0.39, 0.29) is 41.3 Å². The highest BCUT2D eigenvalue weighted by molar-refractivity contribution is 6.23. The number of amides is 2. The van der Waals surface area contributed by atoms with Gasteiger partial charge in [0.25, 0.3) is 0 Å². The third-order valence-electron chi connectivity index (χ3n) is 5.78. The Hall–Kier alpha value is -2.23. The van der Waals surface area contributed by atoms with Crippen LogP contribution in [0.1, 0.15) is 6.42 Å². The van der Waals surface area contributed by atoms with Crippen LogP contribution in [0.2, 0.25) is 0 Å². The highest BCUT2D eigenvalue weighted by Gasteiger charge is 2.65. The monoisotopic (exact) mass is 293 g/mol. The van der Waals surface area contributed by atoms with Crippen molar-refractivity contribution in [3.8, 4) is 0 Å². The number of allylic oxidation sites excluding steroid dienone is 2. The summed E-state index contributed by atoms with van der Waals surface area (Å²) in [6.45, 7) is 0. The van der Waals surface area contributed by atoms with Crippen molar-refractivity contribution in [2.75, 3.05) is 4.90 Å². The fraction of sp³-hybridized carbons (Fsp3) is 0.389. The lowest BCUT2D eigenvalue weighted by Crippen LogP contribution is -2.35. The summed E-state index contributed by atoms with van der Waals surface area (Å²) in [5.41, 5.74) is 0.616. The van der Waals surface area contributed by atoms with Crippen LogP contribution in [0.5, 0.6) is 0 Å². The van der Waals surface area contributed by atoms with Gasteiger partial charge in [0.15, 0.2) is 0 Å². The van der Waals surface area contributed by atoms with E-state index in [1.807, 2.05) is 30.4 Å². The number of hydrogen-bond acceptors (Lipinski definition) is 3. The Morgan fingerprint density at radius 1 is 0.909 bits per heavy atom. The van der Waals surface area contributed by atoms with Crippen LogP contribution in [0.4, 0.5) is 5.69 Å². The highest BCUT2D eigenvalue weighted by Crippen LogP contribution is 2.59. The predicted octanol–water partition coefficient (Wildman–Crippen LogP) is 1.81. The molecule has 1 saturated heterocycles. The van der Waals surface area contributed by atoms with E-state index < -0.39 is 11.8 Å². The van der Waals surface area contributed by atoms with Gasteiger partial charge in [0, 0.05) is 11.8 Å². The molecule has 0 N–H and O–H groups in total. The van der Waals surface area contributed by atoms with Crippen molar-refractivity contribution in [3.63, 3.8) is 0 Å². The number of benzene rings is 1. The molecular formula is C18H15NO3. The van der Waals surface area contributed by atoms with Crippen LogP contribution in [0, 0.1) is 35.5 Å². The standard InChI is InChI=1S/C18H15NO3/c20-16-11-7-6-10(12-8-13(12)16)14-15(11)18(22)19(17(14)21)9-4-2-1-3-5-9/h1-7,10-15H,8H2/t10-,11-,12-,13-,14+,15+/m0/s1. The lowest BCUT2D eigenvalue weighted by molar-refractivity contribution is -0.130. The van der Waals surface area contributed by atoms with Crippen LogP contribution in [0.25, 0.3) is 0 Å². The molecule has 0 aromatic heterocycles. The van der Waals surface area contributed by atoms with Crippen LogP contribution in [0.15, 0.2) is 42.5 Å². The lowest BCUT2D eigenvalue weighted by atomic mass is 9.71. The van der Waals surface area contributed by atoms with E-state index in [1.54, 1.807) is 12.1 Å². The van der Waals surface area contributed by atoms with Crippen molar-refractivity contribution in [2.45, 2.75) is 6.42 Å². The maximum absolute atomic E-state index is 12.9. The minimum Gasteiger partial charge on any atom is -0.299 e. The summed E-state index contributed by atoms with van der Waals surface area (Å²) < 4.78 is 0. The minimum absolute atomic E-state index is 0.0582. The second kappa shape index (κ2) is 3.94. The van der Waals surface area contributed by atoms with Gasteiger partial charge in [-0.25, -0.2) is 0 Å². The Balaban J connectivity index is 1.62. The number of Topliss-reactive ketones (excluding diaryl/α,β-unsaturated/α-hetero) is 1. The number of hydrogen-bond donors (Lipinski definition) is 0. The predicted molar refractivity (Wildman–Crippen MR) is 78.6 cm³/mol. The molecule has 1 aromatic rings. The largest absolute Gasteiger partial charge is 0.299 e. The van der Waals surface area contributed by atoms with Crippen LogP contribution in [-0.2, 0) is 14.4 Å². The molecule has 5 aliphatic rings. The average molecular weight is 293 g/mol. The molecule has 4 aliphatic carbocycles. The fourth-order valence-corrected chi connectivity index (χ4v) is 4.71. The number of ketones is 1. The number of anilines is 1. The van der Waals surface area contributed by atoms with Gasteiger partial charge in [0.1, 0.15) is 5.78 Å². The summed E-state index contributed by atoms with van der Waals surface area (Å²) in [7, 11) is 0. The average Bonchev–Trinajstić information content (AvgIpc) is 3.31. The van der Waals surface area contributed by atoms with Crippen molar-refractivity contribution >= 4 is 23.3 Å². The molecule has 0 radical (unpaired) electrons. The van der Waals surface area contributed by atoms with Crippen molar-refractivity contribution in [3.05, 3.63) is 42.5 Å². The first-order valence-electron chi connectivity index (χ1n) is 7.83. The Morgan fingerprint density at radius 3 is 2.41 bits per heavy atom. The molecule has 22 heavy (non-hydrogen) atoms. The zero-order valence-corrected chi connectivity index (χ0v) is 11.9. The van der Waals surface area contributed by atoms with E-state index >= 15 is 0 Å².